The summed E-state index contributed by atoms with van der Waals surface area (Å²) in [6.45, 7) is 3.45. The number of hydrogen-bond acceptors (Lipinski definition) is 3. The minimum absolute atomic E-state index is 0.344. The number of hydrogen-bond donors (Lipinski definition) is 2. The van der Waals surface area contributed by atoms with Gasteiger partial charge in [0.1, 0.15) is 11.6 Å². The first-order valence-electron chi connectivity index (χ1n) is 6.21. The van der Waals surface area contributed by atoms with Crippen LogP contribution < -0.4 is 10.6 Å². The van der Waals surface area contributed by atoms with Crippen molar-refractivity contribution in [2.24, 2.45) is 0 Å². The number of rotatable bonds is 5. The molecule has 1 aliphatic heterocycles. The van der Waals surface area contributed by atoms with E-state index in [9.17, 15) is 8.78 Å². The zero-order valence-electron chi connectivity index (χ0n) is 10.2. The highest BCUT2D eigenvalue weighted by Gasteiger charge is 2.12. The van der Waals surface area contributed by atoms with Crippen molar-refractivity contribution in [3.63, 3.8) is 0 Å². The van der Waals surface area contributed by atoms with E-state index >= 15 is 0 Å². The highest BCUT2D eigenvalue weighted by atomic mass is 19.1. The molecule has 1 fully saturated rings. The molecule has 1 atom stereocenters. The summed E-state index contributed by atoms with van der Waals surface area (Å²) in [5, 5.41) is 6.45. The highest BCUT2D eigenvalue weighted by molar-refractivity contribution is 5.18. The molecule has 18 heavy (non-hydrogen) atoms. The maximum atomic E-state index is 13.3. The molecule has 1 aromatic carbocycles. The molecule has 0 amide bonds. The lowest BCUT2D eigenvalue weighted by Gasteiger charge is -2.23. The van der Waals surface area contributed by atoms with Crippen LogP contribution in [0.2, 0.25) is 0 Å². The maximum Gasteiger partial charge on any atom is 0.127 e. The molecule has 0 bridgehead atoms. The Kier molecular flexibility index (Phi) is 5.04. The summed E-state index contributed by atoms with van der Waals surface area (Å²) in [6.07, 6.45) is 0.914. The summed E-state index contributed by atoms with van der Waals surface area (Å²) in [7, 11) is 0. The van der Waals surface area contributed by atoms with Crippen LogP contribution in [-0.4, -0.2) is 32.3 Å². The minimum Gasteiger partial charge on any atom is -0.379 e. The van der Waals surface area contributed by atoms with Crippen LogP contribution in [0.5, 0.6) is 0 Å². The molecule has 1 aromatic rings. The highest BCUT2D eigenvalue weighted by Crippen LogP contribution is 2.09. The van der Waals surface area contributed by atoms with Crippen LogP contribution in [0.4, 0.5) is 8.78 Å². The van der Waals surface area contributed by atoms with Crippen molar-refractivity contribution in [2.75, 3.05) is 26.3 Å². The first kappa shape index (κ1) is 13.4. The van der Waals surface area contributed by atoms with Crippen molar-refractivity contribution in [1.29, 1.82) is 0 Å². The Labute approximate surface area is 106 Å². The van der Waals surface area contributed by atoms with Crippen LogP contribution in [0.3, 0.4) is 0 Å². The molecular formula is C13H18F2N2O. The second-order valence-electron chi connectivity index (χ2n) is 4.43. The number of nitrogens with one attached hydrogen (secondary N) is 2. The van der Waals surface area contributed by atoms with Crippen molar-refractivity contribution in [2.45, 2.75) is 19.0 Å². The van der Waals surface area contributed by atoms with E-state index in [1.54, 1.807) is 0 Å². The Morgan fingerprint density at radius 2 is 2.28 bits per heavy atom. The van der Waals surface area contributed by atoms with Gasteiger partial charge in [0.15, 0.2) is 0 Å². The SMILES string of the molecule is Fc1ccc(F)c(CNCCC2COCCN2)c1. The predicted octanol–water partition coefficient (Wildman–Crippen LogP) is 1.43. The van der Waals surface area contributed by atoms with Gasteiger partial charge in [-0.05, 0) is 31.2 Å². The van der Waals surface area contributed by atoms with Gasteiger partial charge >= 0.3 is 0 Å². The van der Waals surface area contributed by atoms with E-state index in [-0.39, 0.29) is 5.82 Å². The predicted molar refractivity (Wildman–Crippen MR) is 65.3 cm³/mol. The summed E-state index contributed by atoms with van der Waals surface area (Å²) in [5.41, 5.74) is 0.364. The third kappa shape index (κ3) is 4.01. The van der Waals surface area contributed by atoms with E-state index in [2.05, 4.69) is 10.6 Å². The monoisotopic (exact) mass is 256 g/mol. The van der Waals surface area contributed by atoms with E-state index in [1.807, 2.05) is 0 Å². The molecule has 2 N–H and O–H groups in total. The van der Waals surface area contributed by atoms with Crippen LogP contribution in [0.15, 0.2) is 18.2 Å². The fraction of sp³-hybridized carbons (Fsp3) is 0.538. The third-order valence-corrected chi connectivity index (χ3v) is 2.99. The molecule has 1 unspecified atom stereocenters. The second-order valence-corrected chi connectivity index (χ2v) is 4.43. The molecule has 1 aliphatic rings. The van der Waals surface area contributed by atoms with Crippen LogP contribution in [0.25, 0.3) is 0 Å². The largest absolute Gasteiger partial charge is 0.379 e. The minimum atomic E-state index is -0.407. The molecule has 0 radical (unpaired) electrons. The Hall–Kier alpha value is -1.04. The van der Waals surface area contributed by atoms with Crippen molar-refractivity contribution >= 4 is 0 Å². The van der Waals surface area contributed by atoms with Gasteiger partial charge in [0.2, 0.25) is 0 Å². The van der Waals surface area contributed by atoms with Gasteiger partial charge < -0.3 is 15.4 Å². The van der Waals surface area contributed by atoms with Gasteiger partial charge in [-0.3, -0.25) is 0 Å². The van der Waals surface area contributed by atoms with Gasteiger partial charge in [0.05, 0.1) is 13.2 Å². The molecule has 100 valence electrons. The molecule has 1 heterocycles. The van der Waals surface area contributed by atoms with Crippen LogP contribution in [-0.2, 0) is 11.3 Å². The molecule has 5 heteroatoms. The molecule has 1 saturated heterocycles. The molecule has 0 spiro atoms. The normalized spacial score (nSPS) is 20.0. The van der Waals surface area contributed by atoms with Crippen LogP contribution in [0.1, 0.15) is 12.0 Å². The summed E-state index contributed by atoms with van der Waals surface area (Å²) in [6, 6.07) is 3.86. The topological polar surface area (TPSA) is 33.3 Å². The van der Waals surface area contributed by atoms with Gasteiger partial charge in [-0.15, -0.1) is 0 Å². The van der Waals surface area contributed by atoms with Crippen molar-refractivity contribution in [3.05, 3.63) is 35.4 Å². The quantitative estimate of drug-likeness (QED) is 0.782. The number of ether oxygens (including phenoxy) is 1. The van der Waals surface area contributed by atoms with E-state index in [4.69, 9.17) is 4.74 Å². The van der Waals surface area contributed by atoms with Gasteiger partial charge in [0, 0.05) is 24.7 Å². The number of benzene rings is 1. The average Bonchev–Trinajstić information content (AvgIpc) is 2.40. The molecule has 2 rings (SSSR count). The van der Waals surface area contributed by atoms with Gasteiger partial charge in [-0.25, -0.2) is 8.78 Å². The molecule has 0 aliphatic carbocycles. The molecular weight excluding hydrogens is 238 g/mol. The van der Waals surface area contributed by atoms with Crippen molar-refractivity contribution < 1.29 is 13.5 Å². The number of morpholine rings is 1. The Balaban J connectivity index is 1.69. The van der Waals surface area contributed by atoms with E-state index in [1.165, 1.54) is 6.07 Å². The lowest BCUT2D eigenvalue weighted by atomic mass is 10.2. The Bertz CT molecular complexity index is 381. The molecule has 0 saturated carbocycles. The van der Waals surface area contributed by atoms with Crippen molar-refractivity contribution in [3.8, 4) is 0 Å². The summed E-state index contributed by atoms with van der Waals surface area (Å²) >= 11 is 0. The fourth-order valence-electron chi connectivity index (χ4n) is 1.98. The van der Waals surface area contributed by atoms with E-state index in [0.717, 1.165) is 44.9 Å². The van der Waals surface area contributed by atoms with Gasteiger partial charge in [0.25, 0.3) is 0 Å². The lowest BCUT2D eigenvalue weighted by molar-refractivity contribution is 0.0742. The Morgan fingerprint density at radius 1 is 1.39 bits per heavy atom. The summed E-state index contributed by atoms with van der Waals surface area (Å²) in [5.74, 6) is -0.779. The van der Waals surface area contributed by atoms with E-state index in [0.29, 0.717) is 18.2 Å². The van der Waals surface area contributed by atoms with Crippen molar-refractivity contribution in [1.82, 2.24) is 10.6 Å². The summed E-state index contributed by atoms with van der Waals surface area (Å²) < 4.78 is 31.6. The number of halogens is 2. The zero-order valence-corrected chi connectivity index (χ0v) is 10.2. The lowest BCUT2D eigenvalue weighted by Crippen LogP contribution is -2.42. The van der Waals surface area contributed by atoms with Crippen LogP contribution >= 0.6 is 0 Å². The maximum absolute atomic E-state index is 13.3. The second kappa shape index (κ2) is 6.78. The third-order valence-electron chi connectivity index (χ3n) is 2.99. The molecule has 3 nitrogen and oxygen atoms in total. The average molecular weight is 256 g/mol. The Morgan fingerprint density at radius 3 is 3.06 bits per heavy atom. The first-order valence-corrected chi connectivity index (χ1v) is 6.21. The smallest absolute Gasteiger partial charge is 0.127 e. The zero-order chi connectivity index (χ0) is 12.8. The van der Waals surface area contributed by atoms with Crippen LogP contribution in [0, 0.1) is 11.6 Å². The summed E-state index contributed by atoms with van der Waals surface area (Å²) in [4.78, 5) is 0. The fourth-order valence-corrected chi connectivity index (χ4v) is 1.98. The standard InChI is InChI=1S/C13H18F2N2O/c14-11-1-2-13(15)10(7-11)8-16-4-3-12-9-18-6-5-17-12/h1-2,7,12,16-17H,3-6,8-9H2. The molecule has 0 aromatic heterocycles. The van der Waals surface area contributed by atoms with E-state index < -0.39 is 5.82 Å². The van der Waals surface area contributed by atoms with Gasteiger partial charge in [-0.2, -0.15) is 0 Å². The first-order chi connectivity index (χ1) is 8.75. The van der Waals surface area contributed by atoms with Gasteiger partial charge in [-0.1, -0.05) is 0 Å².